The largest absolute Gasteiger partial charge is 0.507 e. The number of Topliss-reactive ketones (excluding diaryl/α,β-unsaturated/α-hetero) is 1. The van der Waals surface area contributed by atoms with Crippen molar-refractivity contribution in [2.45, 2.75) is 6.04 Å². The quantitative estimate of drug-likeness (QED) is 0.226. The summed E-state index contributed by atoms with van der Waals surface area (Å²) < 4.78 is 27.7. The zero-order valence-electron chi connectivity index (χ0n) is 16.6. The van der Waals surface area contributed by atoms with Gasteiger partial charge < -0.3 is 5.11 Å². The number of aliphatic hydroxyl groups is 1. The third kappa shape index (κ3) is 3.67. The van der Waals surface area contributed by atoms with Gasteiger partial charge in [-0.05, 0) is 60.2 Å². The highest BCUT2D eigenvalue weighted by Crippen LogP contribution is 2.44. The second-order valence-corrected chi connectivity index (χ2v) is 8.78. The van der Waals surface area contributed by atoms with Crippen LogP contribution in [0.25, 0.3) is 16.0 Å². The summed E-state index contributed by atoms with van der Waals surface area (Å²) >= 11 is 7.22. The van der Waals surface area contributed by atoms with E-state index in [4.69, 9.17) is 11.6 Å². The van der Waals surface area contributed by atoms with Gasteiger partial charge in [-0.1, -0.05) is 35.1 Å². The number of benzene rings is 3. The monoisotopic (exact) mass is 482 g/mol. The summed E-state index contributed by atoms with van der Waals surface area (Å²) in [6.45, 7) is 0. The summed E-state index contributed by atoms with van der Waals surface area (Å²) in [5.74, 6) is -3.30. The van der Waals surface area contributed by atoms with Crippen LogP contribution in [0.15, 0.2) is 72.3 Å². The molecule has 1 aromatic heterocycles. The Morgan fingerprint density at radius 1 is 0.970 bits per heavy atom. The van der Waals surface area contributed by atoms with Gasteiger partial charge in [0.05, 0.1) is 21.8 Å². The van der Waals surface area contributed by atoms with Gasteiger partial charge in [0.25, 0.3) is 5.78 Å². The van der Waals surface area contributed by atoms with Crippen LogP contribution < -0.4 is 4.90 Å². The molecule has 4 aromatic rings. The van der Waals surface area contributed by atoms with Crippen molar-refractivity contribution in [3.8, 4) is 0 Å². The average Bonchev–Trinajstić information content (AvgIpc) is 3.32. The molecule has 1 aliphatic rings. The number of rotatable bonds is 3. The molecule has 164 valence electrons. The SMILES string of the molecule is O=C1C(=O)N(c2nc3ccc(Cl)cc3s2)C(c2ccc(F)cc2)C1=C(O)c1ccc(F)cc1. The molecular weight excluding hydrogens is 470 g/mol. The number of aliphatic hydroxyl groups excluding tert-OH is 1. The van der Waals surface area contributed by atoms with Crippen LogP contribution in [0.4, 0.5) is 13.9 Å². The molecule has 9 heteroatoms. The molecule has 3 aromatic carbocycles. The maximum Gasteiger partial charge on any atom is 0.301 e. The van der Waals surface area contributed by atoms with Crippen molar-refractivity contribution < 1.29 is 23.5 Å². The summed E-state index contributed by atoms with van der Waals surface area (Å²) in [6, 6.07) is 14.1. The number of amides is 1. The van der Waals surface area contributed by atoms with E-state index in [1.807, 2.05) is 0 Å². The van der Waals surface area contributed by atoms with Gasteiger partial charge in [-0.25, -0.2) is 13.8 Å². The highest BCUT2D eigenvalue weighted by Gasteiger charge is 2.48. The van der Waals surface area contributed by atoms with Gasteiger partial charge >= 0.3 is 5.91 Å². The van der Waals surface area contributed by atoms with Gasteiger partial charge in [-0.2, -0.15) is 0 Å². The molecule has 33 heavy (non-hydrogen) atoms. The molecule has 1 N–H and O–H groups in total. The Morgan fingerprint density at radius 3 is 2.27 bits per heavy atom. The van der Waals surface area contributed by atoms with Crippen LogP contribution in [-0.4, -0.2) is 21.8 Å². The third-order valence-electron chi connectivity index (χ3n) is 5.29. The Morgan fingerprint density at radius 2 is 1.61 bits per heavy atom. The standard InChI is InChI=1S/C24H13ClF2N2O3S/c25-14-5-10-17-18(11-14)33-24(28-17)29-20(12-1-6-15(26)7-2-12)19(22(31)23(29)32)21(30)13-3-8-16(27)9-4-13/h1-11,20,30H. The molecule has 1 aliphatic heterocycles. The summed E-state index contributed by atoms with van der Waals surface area (Å²) in [5, 5.41) is 11.7. The number of carbonyl (C=O) groups is 2. The number of hydrogen-bond acceptors (Lipinski definition) is 5. The fourth-order valence-corrected chi connectivity index (χ4v) is 5.01. The molecule has 2 heterocycles. The second-order valence-electron chi connectivity index (χ2n) is 7.34. The Bertz CT molecular complexity index is 1450. The molecule has 1 atom stereocenters. The smallest absolute Gasteiger partial charge is 0.301 e. The Kier molecular flexibility index (Phi) is 5.19. The summed E-state index contributed by atoms with van der Waals surface area (Å²) in [6.07, 6.45) is 0. The minimum atomic E-state index is -1.06. The number of ketones is 1. The van der Waals surface area contributed by atoms with Gasteiger partial charge in [-0.3, -0.25) is 14.5 Å². The van der Waals surface area contributed by atoms with Crippen molar-refractivity contribution in [2.24, 2.45) is 0 Å². The van der Waals surface area contributed by atoms with E-state index in [0.717, 1.165) is 23.5 Å². The van der Waals surface area contributed by atoms with Crippen LogP contribution in [0.5, 0.6) is 0 Å². The lowest BCUT2D eigenvalue weighted by Crippen LogP contribution is -2.29. The Balaban J connectivity index is 1.73. The van der Waals surface area contributed by atoms with Gasteiger partial charge in [0.2, 0.25) is 0 Å². The van der Waals surface area contributed by atoms with E-state index in [1.54, 1.807) is 18.2 Å². The van der Waals surface area contributed by atoms with Crippen molar-refractivity contribution in [1.29, 1.82) is 0 Å². The van der Waals surface area contributed by atoms with E-state index >= 15 is 0 Å². The molecule has 0 aliphatic carbocycles. The predicted molar refractivity (Wildman–Crippen MR) is 122 cm³/mol. The lowest BCUT2D eigenvalue weighted by Gasteiger charge is -2.23. The zero-order valence-corrected chi connectivity index (χ0v) is 18.2. The number of hydrogen-bond donors (Lipinski definition) is 1. The van der Waals surface area contributed by atoms with Crippen molar-refractivity contribution in [3.63, 3.8) is 0 Å². The van der Waals surface area contributed by atoms with E-state index in [9.17, 15) is 23.5 Å². The van der Waals surface area contributed by atoms with E-state index in [1.165, 1.54) is 41.3 Å². The van der Waals surface area contributed by atoms with Crippen LogP contribution in [-0.2, 0) is 9.59 Å². The highest BCUT2D eigenvalue weighted by atomic mass is 35.5. The van der Waals surface area contributed by atoms with Gasteiger partial charge in [0.15, 0.2) is 5.13 Å². The van der Waals surface area contributed by atoms with Gasteiger partial charge in [0, 0.05) is 10.6 Å². The maximum atomic E-state index is 13.6. The molecule has 0 radical (unpaired) electrons. The molecule has 5 nitrogen and oxygen atoms in total. The fourth-order valence-electron chi connectivity index (χ4n) is 3.74. The number of nitrogens with zero attached hydrogens (tertiary/aromatic N) is 2. The minimum absolute atomic E-state index is 0.164. The second kappa shape index (κ2) is 8.06. The number of anilines is 1. The summed E-state index contributed by atoms with van der Waals surface area (Å²) in [7, 11) is 0. The minimum Gasteiger partial charge on any atom is -0.507 e. The van der Waals surface area contributed by atoms with Crippen LogP contribution in [0, 0.1) is 11.6 Å². The van der Waals surface area contributed by atoms with Crippen molar-refractivity contribution in [1.82, 2.24) is 4.98 Å². The molecule has 1 saturated heterocycles. The van der Waals surface area contributed by atoms with Crippen LogP contribution in [0.3, 0.4) is 0 Å². The zero-order chi connectivity index (χ0) is 23.3. The number of carbonyl (C=O) groups excluding carboxylic acids is 2. The van der Waals surface area contributed by atoms with Crippen molar-refractivity contribution in [3.05, 3.63) is 100 Å². The van der Waals surface area contributed by atoms with Crippen molar-refractivity contribution >= 4 is 55.7 Å². The first kappa shape index (κ1) is 21.2. The van der Waals surface area contributed by atoms with E-state index in [2.05, 4.69) is 4.98 Å². The Hall–Kier alpha value is -3.62. The van der Waals surface area contributed by atoms with Crippen LogP contribution in [0.2, 0.25) is 5.02 Å². The maximum absolute atomic E-state index is 13.6. The van der Waals surface area contributed by atoms with E-state index < -0.39 is 35.1 Å². The van der Waals surface area contributed by atoms with E-state index in [-0.39, 0.29) is 16.3 Å². The van der Waals surface area contributed by atoms with E-state index in [0.29, 0.717) is 20.8 Å². The highest BCUT2D eigenvalue weighted by molar-refractivity contribution is 7.22. The number of thiazole rings is 1. The van der Waals surface area contributed by atoms with Gasteiger partial charge in [-0.15, -0.1) is 0 Å². The van der Waals surface area contributed by atoms with Crippen molar-refractivity contribution in [2.75, 3.05) is 4.90 Å². The molecule has 1 amide bonds. The summed E-state index contributed by atoms with van der Waals surface area (Å²) in [5.41, 5.74) is 0.947. The fraction of sp³-hybridized carbons (Fsp3) is 0.0417. The van der Waals surface area contributed by atoms with Gasteiger partial charge in [0.1, 0.15) is 17.4 Å². The Labute approximate surface area is 195 Å². The van der Waals surface area contributed by atoms with Crippen LogP contribution in [0.1, 0.15) is 17.2 Å². The number of halogens is 3. The first-order valence-electron chi connectivity index (χ1n) is 9.72. The average molecular weight is 483 g/mol. The first-order valence-corrected chi connectivity index (χ1v) is 10.9. The molecule has 0 spiro atoms. The third-order valence-corrected chi connectivity index (χ3v) is 6.55. The molecule has 0 saturated carbocycles. The molecular formula is C24H13ClF2N2O3S. The normalized spacial score (nSPS) is 17.8. The van der Waals surface area contributed by atoms with Crippen LogP contribution >= 0.6 is 22.9 Å². The molecule has 1 unspecified atom stereocenters. The summed E-state index contributed by atoms with van der Waals surface area (Å²) in [4.78, 5) is 31.9. The lowest BCUT2D eigenvalue weighted by molar-refractivity contribution is -0.132. The molecule has 0 bridgehead atoms. The predicted octanol–water partition coefficient (Wildman–Crippen LogP) is 5.85. The number of aromatic nitrogens is 1. The topological polar surface area (TPSA) is 70.5 Å². The molecule has 1 fully saturated rings. The molecule has 5 rings (SSSR count). The lowest BCUT2D eigenvalue weighted by atomic mass is 9.95. The first-order chi connectivity index (χ1) is 15.8. The number of fused-ring (bicyclic) bond motifs is 1.